The predicted molar refractivity (Wildman–Crippen MR) is 71.2 cm³/mol. The molecule has 2 unspecified atom stereocenters. The van der Waals surface area contributed by atoms with Gasteiger partial charge in [-0.25, -0.2) is 0 Å². The minimum Gasteiger partial charge on any atom is -0.389 e. The quantitative estimate of drug-likeness (QED) is 0.855. The molecule has 1 fully saturated rings. The summed E-state index contributed by atoms with van der Waals surface area (Å²) in [4.78, 5) is 2.39. The van der Waals surface area contributed by atoms with Gasteiger partial charge in [-0.1, -0.05) is 25.1 Å². The molecule has 0 radical (unpaired) electrons. The van der Waals surface area contributed by atoms with Crippen LogP contribution in [0.15, 0.2) is 24.3 Å². The Labute approximate surface area is 102 Å². The topological polar surface area (TPSA) is 23.5 Å². The smallest absolute Gasteiger partial charge is 0.0781 e. The second-order valence-electron chi connectivity index (χ2n) is 4.36. The standard InChI is InChI=1S/C13H19NOS/c1-10-9-14(7-8-16-10)13-6-4-3-5-12(13)11(2)15/h3-6,10-11,15H,7-9H2,1-2H3. The molecule has 1 saturated heterocycles. The molecule has 1 heterocycles. The van der Waals surface area contributed by atoms with Crippen LogP contribution in [0, 0.1) is 0 Å². The molecule has 1 N–H and O–H groups in total. The normalized spacial score (nSPS) is 23.2. The van der Waals surface area contributed by atoms with Crippen LogP contribution in [0.4, 0.5) is 5.69 Å². The van der Waals surface area contributed by atoms with Gasteiger partial charge in [-0.05, 0) is 13.0 Å². The van der Waals surface area contributed by atoms with E-state index in [0.717, 1.165) is 18.7 Å². The maximum atomic E-state index is 9.77. The van der Waals surface area contributed by atoms with E-state index in [1.165, 1.54) is 11.4 Å². The van der Waals surface area contributed by atoms with E-state index in [4.69, 9.17) is 0 Å². The number of aliphatic hydroxyl groups is 1. The summed E-state index contributed by atoms with van der Waals surface area (Å²) in [7, 11) is 0. The molecular weight excluding hydrogens is 218 g/mol. The third-order valence-corrected chi connectivity index (χ3v) is 4.10. The first-order valence-corrected chi connectivity index (χ1v) is 6.87. The van der Waals surface area contributed by atoms with E-state index in [9.17, 15) is 5.11 Å². The minimum atomic E-state index is -0.388. The van der Waals surface area contributed by atoms with E-state index in [1.807, 2.05) is 36.9 Å². The number of hydrogen-bond acceptors (Lipinski definition) is 3. The molecule has 16 heavy (non-hydrogen) atoms. The van der Waals surface area contributed by atoms with Gasteiger partial charge in [0.25, 0.3) is 0 Å². The Morgan fingerprint density at radius 3 is 2.88 bits per heavy atom. The number of thioether (sulfide) groups is 1. The number of hydrogen-bond donors (Lipinski definition) is 1. The third kappa shape index (κ3) is 2.53. The Kier molecular flexibility index (Phi) is 3.77. The van der Waals surface area contributed by atoms with Crippen molar-refractivity contribution in [3.05, 3.63) is 29.8 Å². The van der Waals surface area contributed by atoms with Crippen molar-refractivity contribution in [2.75, 3.05) is 23.7 Å². The van der Waals surface area contributed by atoms with Crippen molar-refractivity contribution >= 4 is 17.4 Å². The van der Waals surface area contributed by atoms with E-state index in [0.29, 0.717) is 5.25 Å². The van der Waals surface area contributed by atoms with Gasteiger partial charge < -0.3 is 10.0 Å². The van der Waals surface area contributed by atoms with Gasteiger partial charge in [0.1, 0.15) is 0 Å². The lowest BCUT2D eigenvalue weighted by molar-refractivity contribution is 0.199. The molecule has 0 spiro atoms. The van der Waals surface area contributed by atoms with Crippen LogP contribution in [0.1, 0.15) is 25.5 Å². The third-order valence-electron chi connectivity index (χ3n) is 2.97. The summed E-state index contributed by atoms with van der Waals surface area (Å²) in [5.74, 6) is 1.18. The van der Waals surface area contributed by atoms with E-state index < -0.39 is 0 Å². The maximum Gasteiger partial charge on any atom is 0.0781 e. The van der Waals surface area contributed by atoms with Crippen LogP contribution in [0.25, 0.3) is 0 Å². The summed E-state index contributed by atoms with van der Waals surface area (Å²) < 4.78 is 0. The van der Waals surface area contributed by atoms with E-state index in [2.05, 4.69) is 17.9 Å². The van der Waals surface area contributed by atoms with E-state index >= 15 is 0 Å². The summed E-state index contributed by atoms with van der Waals surface area (Å²) in [5.41, 5.74) is 2.24. The number of anilines is 1. The van der Waals surface area contributed by atoms with E-state index in [-0.39, 0.29) is 6.10 Å². The molecule has 2 rings (SSSR count). The second-order valence-corrected chi connectivity index (χ2v) is 5.91. The van der Waals surface area contributed by atoms with Crippen molar-refractivity contribution in [3.8, 4) is 0 Å². The van der Waals surface area contributed by atoms with Crippen molar-refractivity contribution in [2.24, 2.45) is 0 Å². The Bertz CT molecular complexity index is 354. The summed E-state index contributed by atoms with van der Waals surface area (Å²) >= 11 is 2.03. The zero-order valence-electron chi connectivity index (χ0n) is 9.89. The Morgan fingerprint density at radius 1 is 1.44 bits per heavy atom. The summed E-state index contributed by atoms with van der Waals surface area (Å²) in [5, 5.41) is 10.4. The number of para-hydroxylation sites is 1. The molecule has 0 aromatic heterocycles. The monoisotopic (exact) mass is 237 g/mol. The fourth-order valence-corrected chi connectivity index (χ4v) is 3.18. The van der Waals surface area contributed by atoms with Crippen LogP contribution in [0.3, 0.4) is 0 Å². The zero-order valence-corrected chi connectivity index (χ0v) is 10.7. The van der Waals surface area contributed by atoms with Gasteiger partial charge in [0.05, 0.1) is 6.10 Å². The molecule has 2 atom stereocenters. The fraction of sp³-hybridized carbons (Fsp3) is 0.538. The molecular formula is C13H19NOS. The van der Waals surface area contributed by atoms with Crippen molar-refractivity contribution in [1.29, 1.82) is 0 Å². The summed E-state index contributed by atoms with van der Waals surface area (Å²) in [6.45, 7) is 6.26. The summed E-state index contributed by atoms with van der Waals surface area (Å²) in [6, 6.07) is 8.18. The molecule has 0 aliphatic carbocycles. The molecule has 1 aliphatic rings. The van der Waals surface area contributed by atoms with Gasteiger partial charge in [-0.15, -0.1) is 0 Å². The predicted octanol–water partition coefficient (Wildman–Crippen LogP) is 2.68. The molecule has 0 amide bonds. The SMILES string of the molecule is CC1CN(c2ccccc2C(C)O)CCS1. The molecule has 3 heteroatoms. The lowest BCUT2D eigenvalue weighted by Crippen LogP contribution is -2.37. The van der Waals surface area contributed by atoms with Crippen LogP contribution in [0.5, 0.6) is 0 Å². The first kappa shape index (κ1) is 11.8. The minimum absolute atomic E-state index is 0.388. The Balaban J connectivity index is 2.25. The first-order valence-electron chi connectivity index (χ1n) is 5.82. The van der Waals surface area contributed by atoms with Gasteiger partial charge >= 0.3 is 0 Å². The zero-order chi connectivity index (χ0) is 11.5. The fourth-order valence-electron chi connectivity index (χ4n) is 2.17. The Hall–Kier alpha value is -0.670. The molecule has 1 aromatic carbocycles. The highest BCUT2D eigenvalue weighted by molar-refractivity contribution is 8.00. The van der Waals surface area contributed by atoms with Crippen molar-refractivity contribution in [3.63, 3.8) is 0 Å². The molecule has 2 nitrogen and oxygen atoms in total. The van der Waals surface area contributed by atoms with Crippen LogP contribution in [-0.2, 0) is 0 Å². The molecule has 0 saturated carbocycles. The van der Waals surface area contributed by atoms with Gasteiger partial charge in [0.15, 0.2) is 0 Å². The van der Waals surface area contributed by atoms with Crippen molar-refractivity contribution in [2.45, 2.75) is 25.2 Å². The van der Waals surface area contributed by atoms with Crippen molar-refractivity contribution in [1.82, 2.24) is 0 Å². The number of benzene rings is 1. The van der Waals surface area contributed by atoms with Crippen LogP contribution in [0.2, 0.25) is 0 Å². The Morgan fingerprint density at radius 2 is 2.19 bits per heavy atom. The highest BCUT2D eigenvalue weighted by Gasteiger charge is 2.19. The van der Waals surface area contributed by atoms with Crippen molar-refractivity contribution < 1.29 is 5.11 Å². The molecule has 0 bridgehead atoms. The van der Waals surface area contributed by atoms with Crippen LogP contribution < -0.4 is 4.90 Å². The van der Waals surface area contributed by atoms with Gasteiger partial charge in [0, 0.05) is 35.3 Å². The number of nitrogens with zero attached hydrogens (tertiary/aromatic N) is 1. The van der Waals surface area contributed by atoms with Gasteiger partial charge in [0.2, 0.25) is 0 Å². The van der Waals surface area contributed by atoms with Gasteiger partial charge in [-0.3, -0.25) is 0 Å². The first-order chi connectivity index (χ1) is 7.68. The average Bonchev–Trinajstić information content (AvgIpc) is 2.29. The van der Waals surface area contributed by atoms with Crippen LogP contribution in [-0.4, -0.2) is 29.2 Å². The highest BCUT2D eigenvalue weighted by atomic mass is 32.2. The number of aliphatic hydroxyl groups excluding tert-OH is 1. The average molecular weight is 237 g/mol. The molecule has 1 aliphatic heterocycles. The maximum absolute atomic E-state index is 9.77. The van der Waals surface area contributed by atoms with Gasteiger partial charge in [-0.2, -0.15) is 11.8 Å². The molecule has 1 aromatic rings. The second kappa shape index (κ2) is 5.11. The van der Waals surface area contributed by atoms with Crippen LogP contribution >= 0.6 is 11.8 Å². The largest absolute Gasteiger partial charge is 0.389 e. The lowest BCUT2D eigenvalue weighted by atomic mass is 10.1. The molecule has 88 valence electrons. The lowest BCUT2D eigenvalue weighted by Gasteiger charge is -2.34. The highest BCUT2D eigenvalue weighted by Crippen LogP contribution is 2.29. The van der Waals surface area contributed by atoms with E-state index in [1.54, 1.807) is 0 Å². The number of rotatable bonds is 2. The summed E-state index contributed by atoms with van der Waals surface area (Å²) in [6.07, 6.45) is -0.388.